The molecule has 0 radical (unpaired) electrons. The summed E-state index contributed by atoms with van der Waals surface area (Å²) in [5.74, 6) is 7.69. The molecule has 0 bridgehead atoms. The number of aromatic nitrogens is 2. The van der Waals surface area contributed by atoms with Gasteiger partial charge in [0.15, 0.2) is 0 Å². The van der Waals surface area contributed by atoms with Gasteiger partial charge in [0.05, 0.1) is 17.8 Å². The average Bonchev–Trinajstić information content (AvgIpc) is 3.11. The van der Waals surface area contributed by atoms with E-state index in [4.69, 9.17) is 0 Å². The first-order valence-electron chi connectivity index (χ1n) is 7.57. The topological polar surface area (TPSA) is 21.1 Å². The first-order chi connectivity index (χ1) is 9.33. The van der Waals surface area contributed by atoms with E-state index in [0.717, 1.165) is 11.5 Å². The van der Waals surface area contributed by atoms with Crippen LogP contribution in [0.5, 0.6) is 0 Å². The van der Waals surface area contributed by atoms with Gasteiger partial charge >= 0.3 is 0 Å². The quantitative estimate of drug-likeness (QED) is 0.759. The van der Waals surface area contributed by atoms with Crippen LogP contribution in [-0.4, -0.2) is 33.8 Å². The van der Waals surface area contributed by atoms with Crippen molar-refractivity contribution in [1.29, 1.82) is 0 Å². The van der Waals surface area contributed by atoms with Crippen LogP contribution in [0.2, 0.25) is 0 Å². The van der Waals surface area contributed by atoms with Crippen LogP contribution in [0.1, 0.15) is 44.1 Å². The van der Waals surface area contributed by atoms with E-state index in [0.29, 0.717) is 6.04 Å². The molecule has 102 valence electrons. The Bertz CT molecular complexity index is 452. The smallest absolute Gasteiger partial charge is 0.0746 e. The summed E-state index contributed by atoms with van der Waals surface area (Å²) in [6, 6.07) is 0.477. The molecule has 19 heavy (non-hydrogen) atoms. The van der Waals surface area contributed by atoms with Gasteiger partial charge < -0.3 is 0 Å². The van der Waals surface area contributed by atoms with Crippen LogP contribution < -0.4 is 0 Å². The van der Waals surface area contributed by atoms with Gasteiger partial charge in [-0.3, -0.25) is 9.58 Å². The van der Waals surface area contributed by atoms with Gasteiger partial charge in [-0.15, -0.1) is 0 Å². The van der Waals surface area contributed by atoms with Crippen LogP contribution >= 0.6 is 0 Å². The fraction of sp³-hybridized carbons (Fsp3) is 0.688. The molecular formula is C16H23N3. The Kier molecular flexibility index (Phi) is 3.89. The Labute approximate surface area is 116 Å². The third-order valence-corrected chi connectivity index (χ3v) is 4.45. The van der Waals surface area contributed by atoms with Crippen molar-refractivity contribution in [2.45, 2.75) is 44.6 Å². The molecule has 1 atom stereocenters. The molecular weight excluding hydrogens is 234 g/mol. The molecule has 3 rings (SSSR count). The zero-order valence-electron chi connectivity index (χ0n) is 11.8. The highest BCUT2D eigenvalue weighted by Gasteiger charge is 2.29. The number of hydrogen-bond donors (Lipinski definition) is 0. The summed E-state index contributed by atoms with van der Waals surface area (Å²) < 4.78 is 1.82. The highest BCUT2D eigenvalue weighted by atomic mass is 15.2. The Hall–Kier alpha value is -1.27. The standard InChI is InChI=1S/C16H23N3/c1-18-13-14(12-17-18)8-9-16(15-6-2-3-7-15)19-10-4-5-11-19/h12-13,15-16H,2-7,10-11H2,1H3. The molecule has 0 spiro atoms. The normalized spacial score (nSPS) is 22.4. The number of aryl methyl sites for hydroxylation is 1. The van der Waals surface area contributed by atoms with Crippen molar-refractivity contribution < 1.29 is 0 Å². The summed E-state index contributed by atoms with van der Waals surface area (Å²) in [6.07, 6.45) is 12.1. The van der Waals surface area contributed by atoms with E-state index in [1.807, 2.05) is 24.1 Å². The summed E-state index contributed by atoms with van der Waals surface area (Å²) in [7, 11) is 1.94. The summed E-state index contributed by atoms with van der Waals surface area (Å²) in [4.78, 5) is 2.61. The van der Waals surface area contributed by atoms with Gasteiger partial charge in [-0.2, -0.15) is 5.10 Å². The second-order valence-electron chi connectivity index (χ2n) is 5.90. The maximum atomic E-state index is 4.19. The molecule has 3 nitrogen and oxygen atoms in total. The third kappa shape index (κ3) is 3.01. The van der Waals surface area contributed by atoms with Gasteiger partial charge in [0.2, 0.25) is 0 Å². The zero-order valence-corrected chi connectivity index (χ0v) is 11.8. The predicted molar refractivity (Wildman–Crippen MR) is 76.6 cm³/mol. The average molecular weight is 257 g/mol. The molecule has 3 heteroatoms. The van der Waals surface area contributed by atoms with Crippen LogP contribution in [0, 0.1) is 17.8 Å². The van der Waals surface area contributed by atoms with Crippen molar-refractivity contribution in [3.05, 3.63) is 18.0 Å². The van der Waals surface area contributed by atoms with Crippen molar-refractivity contribution in [2.24, 2.45) is 13.0 Å². The van der Waals surface area contributed by atoms with Gasteiger partial charge in [-0.25, -0.2) is 0 Å². The van der Waals surface area contributed by atoms with Crippen molar-refractivity contribution in [3.63, 3.8) is 0 Å². The molecule has 1 aliphatic heterocycles. The predicted octanol–water partition coefficient (Wildman–Crippen LogP) is 2.43. The van der Waals surface area contributed by atoms with Gasteiger partial charge in [0.25, 0.3) is 0 Å². The SMILES string of the molecule is Cn1cc(C#CC(C2CCCC2)N2CCCC2)cn1. The number of rotatable bonds is 2. The lowest BCUT2D eigenvalue weighted by Gasteiger charge is -2.28. The largest absolute Gasteiger partial charge is 0.290 e. The van der Waals surface area contributed by atoms with Crippen LogP contribution in [0.4, 0.5) is 0 Å². The van der Waals surface area contributed by atoms with Crippen molar-refractivity contribution >= 4 is 0 Å². The second-order valence-corrected chi connectivity index (χ2v) is 5.90. The summed E-state index contributed by atoms with van der Waals surface area (Å²) >= 11 is 0. The maximum Gasteiger partial charge on any atom is 0.0746 e. The molecule has 0 aromatic carbocycles. The monoisotopic (exact) mass is 257 g/mol. The van der Waals surface area contributed by atoms with Crippen molar-refractivity contribution in [2.75, 3.05) is 13.1 Å². The Morgan fingerprint density at radius 2 is 1.95 bits per heavy atom. The van der Waals surface area contributed by atoms with Gasteiger partial charge in [-0.05, 0) is 44.7 Å². The molecule has 1 unspecified atom stereocenters. The molecule has 1 aliphatic carbocycles. The zero-order chi connectivity index (χ0) is 13.1. The summed E-state index contributed by atoms with van der Waals surface area (Å²) in [5.41, 5.74) is 1.05. The fourth-order valence-corrected chi connectivity index (χ4v) is 3.44. The first-order valence-corrected chi connectivity index (χ1v) is 7.57. The van der Waals surface area contributed by atoms with E-state index in [9.17, 15) is 0 Å². The first kappa shape index (κ1) is 12.7. The Balaban J connectivity index is 1.76. The molecule has 1 aromatic heterocycles. The Morgan fingerprint density at radius 3 is 2.58 bits per heavy atom. The van der Waals surface area contributed by atoms with E-state index in [1.165, 1.54) is 51.6 Å². The minimum Gasteiger partial charge on any atom is -0.290 e. The highest BCUT2D eigenvalue weighted by Crippen LogP contribution is 2.31. The number of nitrogens with zero attached hydrogens (tertiary/aromatic N) is 3. The van der Waals surface area contributed by atoms with E-state index in [2.05, 4.69) is 21.8 Å². The van der Waals surface area contributed by atoms with E-state index < -0.39 is 0 Å². The summed E-state index contributed by atoms with van der Waals surface area (Å²) in [5, 5.41) is 4.19. The molecule has 2 heterocycles. The van der Waals surface area contributed by atoms with Crippen molar-refractivity contribution in [1.82, 2.24) is 14.7 Å². The van der Waals surface area contributed by atoms with Crippen molar-refractivity contribution in [3.8, 4) is 11.8 Å². The molecule has 2 fully saturated rings. The Morgan fingerprint density at radius 1 is 1.21 bits per heavy atom. The minimum absolute atomic E-state index is 0.477. The molecule has 1 saturated heterocycles. The van der Waals surface area contributed by atoms with Gasteiger partial charge in [-0.1, -0.05) is 24.7 Å². The number of hydrogen-bond acceptors (Lipinski definition) is 2. The molecule has 0 amide bonds. The van der Waals surface area contributed by atoms with E-state index >= 15 is 0 Å². The third-order valence-electron chi connectivity index (χ3n) is 4.45. The molecule has 0 N–H and O–H groups in total. The lowest BCUT2D eigenvalue weighted by molar-refractivity contribution is 0.224. The van der Waals surface area contributed by atoms with Crippen LogP contribution in [0.25, 0.3) is 0 Å². The van der Waals surface area contributed by atoms with Crippen LogP contribution in [0.15, 0.2) is 12.4 Å². The van der Waals surface area contributed by atoms with E-state index in [1.54, 1.807) is 0 Å². The minimum atomic E-state index is 0.477. The molecule has 1 saturated carbocycles. The second kappa shape index (κ2) is 5.79. The highest BCUT2D eigenvalue weighted by molar-refractivity contribution is 5.31. The van der Waals surface area contributed by atoms with Gasteiger partial charge in [0.1, 0.15) is 0 Å². The van der Waals surface area contributed by atoms with E-state index in [-0.39, 0.29) is 0 Å². The fourth-order valence-electron chi connectivity index (χ4n) is 3.44. The van der Waals surface area contributed by atoms with Crippen LogP contribution in [-0.2, 0) is 7.05 Å². The number of likely N-dealkylation sites (tertiary alicyclic amines) is 1. The summed E-state index contributed by atoms with van der Waals surface area (Å²) in [6.45, 7) is 2.48. The van der Waals surface area contributed by atoms with Crippen LogP contribution in [0.3, 0.4) is 0 Å². The van der Waals surface area contributed by atoms with Gasteiger partial charge in [0, 0.05) is 13.2 Å². The molecule has 1 aromatic rings. The lowest BCUT2D eigenvalue weighted by Crippen LogP contribution is -2.36. The molecule has 2 aliphatic rings. The maximum absolute atomic E-state index is 4.19. The lowest BCUT2D eigenvalue weighted by atomic mass is 9.97.